The molecule has 158 valence electrons. The van der Waals surface area contributed by atoms with Crippen molar-refractivity contribution in [2.75, 3.05) is 36.6 Å². The fourth-order valence-electron chi connectivity index (χ4n) is 3.21. The Balaban J connectivity index is 1.70. The second kappa shape index (κ2) is 9.31. The molecule has 0 spiro atoms. The highest BCUT2D eigenvalue weighted by molar-refractivity contribution is 5.83. The molecule has 0 aliphatic carbocycles. The van der Waals surface area contributed by atoms with Crippen LogP contribution in [0.2, 0.25) is 0 Å². The van der Waals surface area contributed by atoms with E-state index in [0.29, 0.717) is 24.7 Å². The molecule has 0 bridgehead atoms. The summed E-state index contributed by atoms with van der Waals surface area (Å²) in [5.41, 5.74) is 7.07. The molecule has 1 saturated heterocycles. The minimum absolute atomic E-state index is 0.611. The summed E-state index contributed by atoms with van der Waals surface area (Å²) in [5.74, 6) is 1.52. The molecular weight excluding hydrogens is 392 g/mol. The van der Waals surface area contributed by atoms with Crippen LogP contribution >= 0.6 is 0 Å². The van der Waals surface area contributed by atoms with Crippen molar-refractivity contribution >= 4 is 23.5 Å². The molecule has 1 aliphatic heterocycles. The summed E-state index contributed by atoms with van der Waals surface area (Å²) in [4.78, 5) is 15.1. The Morgan fingerprint density at radius 3 is 2.71 bits per heavy atom. The van der Waals surface area contributed by atoms with Crippen LogP contribution in [0.3, 0.4) is 0 Å². The second-order valence-corrected chi connectivity index (χ2v) is 7.09. The normalized spacial score (nSPS) is 14.9. The van der Waals surface area contributed by atoms with Crippen LogP contribution in [-0.4, -0.2) is 57.1 Å². The van der Waals surface area contributed by atoms with Crippen LogP contribution in [0.25, 0.3) is 16.9 Å². The zero-order chi connectivity index (χ0) is 21.6. The number of hydrazone groups is 1. The first-order valence-electron chi connectivity index (χ1n) is 9.91. The first-order chi connectivity index (χ1) is 15.1. The Kier molecular flexibility index (Phi) is 6.13. The van der Waals surface area contributed by atoms with Gasteiger partial charge in [0.2, 0.25) is 0 Å². The lowest BCUT2D eigenvalue weighted by atomic mass is 10.2. The van der Waals surface area contributed by atoms with Crippen molar-refractivity contribution in [3.05, 3.63) is 67.3 Å². The van der Waals surface area contributed by atoms with Crippen molar-refractivity contribution in [1.29, 1.82) is 0 Å². The molecule has 0 amide bonds. The van der Waals surface area contributed by atoms with Gasteiger partial charge >= 0.3 is 0 Å². The molecule has 1 aliphatic rings. The zero-order valence-electron chi connectivity index (χ0n) is 17.4. The number of nitrogens with one attached hydrogen (secondary N) is 1. The highest BCUT2D eigenvalue weighted by Crippen LogP contribution is 2.25. The summed E-state index contributed by atoms with van der Waals surface area (Å²) in [6.45, 7) is 12.5. The van der Waals surface area contributed by atoms with E-state index in [0.717, 1.165) is 41.3 Å². The number of aromatic nitrogens is 5. The van der Waals surface area contributed by atoms with Gasteiger partial charge in [-0.2, -0.15) is 14.7 Å². The van der Waals surface area contributed by atoms with Gasteiger partial charge in [0.25, 0.3) is 0 Å². The molecule has 4 rings (SSSR count). The van der Waals surface area contributed by atoms with Gasteiger partial charge < -0.3 is 9.64 Å². The van der Waals surface area contributed by atoms with E-state index in [-0.39, 0.29) is 0 Å². The van der Waals surface area contributed by atoms with Crippen molar-refractivity contribution in [3.8, 4) is 11.3 Å². The molecule has 1 N–H and O–H groups in total. The van der Waals surface area contributed by atoms with E-state index in [4.69, 9.17) is 9.84 Å². The molecule has 0 atom stereocenters. The maximum Gasteiger partial charge on any atom is 0.160 e. The first kappa shape index (κ1) is 20.4. The highest BCUT2D eigenvalue weighted by Gasteiger charge is 2.18. The van der Waals surface area contributed by atoms with Crippen LogP contribution in [-0.2, 0) is 4.74 Å². The lowest BCUT2D eigenvalue weighted by molar-refractivity contribution is 0.122. The molecule has 31 heavy (non-hydrogen) atoms. The molecule has 0 aromatic carbocycles. The maximum absolute atomic E-state index is 5.51. The van der Waals surface area contributed by atoms with Crippen LogP contribution in [0.1, 0.15) is 6.92 Å². The van der Waals surface area contributed by atoms with Crippen molar-refractivity contribution in [3.63, 3.8) is 0 Å². The summed E-state index contributed by atoms with van der Waals surface area (Å²) in [7, 11) is 0. The minimum atomic E-state index is 0.611. The number of hydrogen-bond donors (Lipinski definition) is 1. The predicted octanol–water partition coefficient (Wildman–Crippen LogP) is 3.11. The number of ether oxygens (including phenoxy) is 1. The van der Waals surface area contributed by atoms with E-state index < -0.39 is 0 Å². The van der Waals surface area contributed by atoms with E-state index >= 15 is 0 Å². The lowest BCUT2D eigenvalue weighted by Crippen LogP contribution is -2.37. The van der Waals surface area contributed by atoms with Crippen molar-refractivity contribution in [1.82, 2.24) is 24.6 Å². The molecule has 0 radical (unpaired) electrons. The van der Waals surface area contributed by atoms with Crippen LogP contribution in [0.5, 0.6) is 0 Å². The average molecular weight is 416 g/mol. The number of morpholine rings is 1. The first-order valence-corrected chi connectivity index (χ1v) is 9.91. The second-order valence-electron chi connectivity index (χ2n) is 7.09. The Morgan fingerprint density at radius 1 is 1.23 bits per heavy atom. The Bertz CT molecular complexity index is 1140. The maximum atomic E-state index is 5.51. The summed E-state index contributed by atoms with van der Waals surface area (Å²) in [5, 5.41) is 9.06. The largest absolute Gasteiger partial charge is 0.378 e. The smallest absolute Gasteiger partial charge is 0.160 e. The van der Waals surface area contributed by atoms with Gasteiger partial charge in [-0.3, -0.25) is 5.43 Å². The molecule has 9 nitrogen and oxygen atoms in total. The molecule has 9 heteroatoms. The number of allylic oxidation sites excluding steroid dienone is 4. The molecule has 0 saturated carbocycles. The van der Waals surface area contributed by atoms with E-state index in [2.05, 4.69) is 43.5 Å². The van der Waals surface area contributed by atoms with E-state index in [1.807, 2.05) is 29.6 Å². The summed E-state index contributed by atoms with van der Waals surface area (Å²) < 4.78 is 7.34. The molecule has 3 aromatic heterocycles. The van der Waals surface area contributed by atoms with Gasteiger partial charge in [-0.15, -0.1) is 0 Å². The van der Waals surface area contributed by atoms with Gasteiger partial charge in [0.1, 0.15) is 12.1 Å². The van der Waals surface area contributed by atoms with Gasteiger partial charge in [-0.05, 0) is 12.5 Å². The van der Waals surface area contributed by atoms with Gasteiger partial charge in [-0.1, -0.05) is 30.9 Å². The van der Waals surface area contributed by atoms with Gasteiger partial charge in [-0.25, -0.2) is 15.0 Å². The van der Waals surface area contributed by atoms with Crippen molar-refractivity contribution < 1.29 is 4.74 Å². The number of hydrogen-bond acceptors (Lipinski definition) is 8. The number of nitrogens with zero attached hydrogens (tertiary/aromatic N) is 7. The standard InChI is InChI=1S/C22H24N8O/c1-4-17(9-16(2)3)12-25-27-20-11-22(29-5-7-31-8-6-29)30-21(26-20)10-19(28-30)18-13-23-15-24-14-18/h4,9-15H,1-2,5-8H2,3H3,(H,26,27)/b17-9+,25-12+. The molecule has 1 fully saturated rings. The molecular formula is C22H24N8O. The zero-order valence-corrected chi connectivity index (χ0v) is 17.4. The highest BCUT2D eigenvalue weighted by atomic mass is 16.5. The molecule has 4 heterocycles. The van der Waals surface area contributed by atoms with Gasteiger partial charge in [0.05, 0.1) is 25.1 Å². The Labute approximate surface area is 180 Å². The van der Waals surface area contributed by atoms with Crippen LogP contribution < -0.4 is 10.3 Å². The van der Waals surface area contributed by atoms with Crippen LogP contribution in [0.4, 0.5) is 11.6 Å². The van der Waals surface area contributed by atoms with E-state index in [9.17, 15) is 0 Å². The third-order valence-electron chi connectivity index (χ3n) is 4.64. The van der Waals surface area contributed by atoms with Gasteiger partial charge in [0, 0.05) is 43.2 Å². The predicted molar refractivity (Wildman–Crippen MR) is 122 cm³/mol. The van der Waals surface area contributed by atoms with Crippen LogP contribution in [0.15, 0.2) is 72.4 Å². The minimum Gasteiger partial charge on any atom is -0.378 e. The third kappa shape index (κ3) is 4.84. The molecule has 0 unspecified atom stereocenters. The van der Waals surface area contributed by atoms with Crippen molar-refractivity contribution in [2.24, 2.45) is 5.10 Å². The average Bonchev–Trinajstić information content (AvgIpc) is 3.23. The Hall–Kier alpha value is -3.85. The summed E-state index contributed by atoms with van der Waals surface area (Å²) >= 11 is 0. The quantitative estimate of drug-likeness (QED) is 0.359. The SMILES string of the molecule is C=CC(/C=N/Nc1cc(N2CCOCC2)n2nc(-c3cncnc3)cc2n1)=C\C(=C)C. The Morgan fingerprint density at radius 2 is 2.00 bits per heavy atom. The fourth-order valence-corrected chi connectivity index (χ4v) is 3.21. The van der Waals surface area contributed by atoms with E-state index in [1.165, 1.54) is 6.33 Å². The monoisotopic (exact) mass is 416 g/mol. The number of fused-ring (bicyclic) bond motifs is 1. The topological polar surface area (TPSA) is 92.8 Å². The summed E-state index contributed by atoms with van der Waals surface area (Å²) in [6.07, 6.45) is 10.3. The molecule has 3 aromatic rings. The third-order valence-corrected chi connectivity index (χ3v) is 4.64. The number of anilines is 2. The van der Waals surface area contributed by atoms with Crippen LogP contribution in [0, 0.1) is 0 Å². The summed E-state index contributed by atoms with van der Waals surface area (Å²) in [6, 6.07) is 3.84. The van der Waals surface area contributed by atoms with Gasteiger partial charge in [0.15, 0.2) is 11.5 Å². The van der Waals surface area contributed by atoms with E-state index in [1.54, 1.807) is 24.7 Å². The fraction of sp³-hybridized carbons (Fsp3) is 0.227. The van der Waals surface area contributed by atoms with Crippen molar-refractivity contribution in [2.45, 2.75) is 6.92 Å². The number of rotatable bonds is 7. The lowest BCUT2D eigenvalue weighted by Gasteiger charge is -2.29.